The first-order valence-corrected chi connectivity index (χ1v) is 3.08. The molecule has 0 aliphatic carbocycles. The fraction of sp³-hybridized carbons (Fsp3) is 0.714. The molecule has 1 aliphatic heterocycles. The maximum atomic E-state index is 5.30. The molecule has 1 fully saturated rings. The summed E-state index contributed by atoms with van der Waals surface area (Å²) in [5, 5.41) is 0. The molecule has 0 unspecified atom stereocenters. The van der Waals surface area contributed by atoms with E-state index < -0.39 is 0 Å². The normalized spacial score (nSPS) is 34.0. The van der Waals surface area contributed by atoms with Crippen LogP contribution < -0.4 is 0 Å². The summed E-state index contributed by atoms with van der Waals surface area (Å²) in [5.74, 6) is 0.641. The van der Waals surface area contributed by atoms with Gasteiger partial charge in [-0.1, -0.05) is 13.0 Å². The summed E-state index contributed by atoms with van der Waals surface area (Å²) in [5.41, 5.74) is 0. The van der Waals surface area contributed by atoms with Gasteiger partial charge in [0.05, 0.1) is 0 Å². The Morgan fingerprint density at radius 3 is 2.67 bits per heavy atom. The Labute approximate surface area is 80.9 Å². The van der Waals surface area contributed by atoms with Crippen molar-refractivity contribution in [3.8, 4) is 0 Å². The second-order valence-electron chi connectivity index (χ2n) is 2.33. The summed E-state index contributed by atoms with van der Waals surface area (Å²) < 4.78 is 5.30. The van der Waals surface area contributed by atoms with Crippen LogP contribution in [-0.2, 0) is 4.74 Å². The topological polar surface area (TPSA) is 9.23 Å². The van der Waals surface area contributed by atoms with Gasteiger partial charge in [-0.3, -0.25) is 6.42 Å². The monoisotopic (exact) mass is 350 g/mol. The molecule has 0 amide bonds. The Morgan fingerprint density at radius 2 is 2.44 bits per heavy atom. The molecule has 1 rings (SSSR count). The SMILES string of the molecule is [CH2-]C[C@@H]1[CH-][C@@H](C)CO1.[U+2]. The molecule has 0 spiro atoms. The fourth-order valence-electron chi connectivity index (χ4n) is 0.932. The van der Waals surface area contributed by atoms with E-state index in [4.69, 9.17) is 4.74 Å². The van der Waals surface area contributed by atoms with E-state index in [2.05, 4.69) is 20.3 Å². The molecule has 0 radical (unpaired) electrons. The van der Waals surface area contributed by atoms with E-state index in [-0.39, 0.29) is 31.1 Å². The standard InChI is InChI=1S/C7H12O.U/c1-3-7-4-6(2)5-8-7;/h4,6-7H,1,3,5H2,2H3;/q-2;+2/t6-,7-;/m1./s1. The predicted molar refractivity (Wildman–Crippen MR) is 33.2 cm³/mol. The van der Waals surface area contributed by atoms with Gasteiger partial charge < -0.3 is 11.7 Å². The number of hydrogen-bond donors (Lipinski definition) is 0. The average molecular weight is 350 g/mol. The van der Waals surface area contributed by atoms with Crippen LogP contribution in [0.1, 0.15) is 13.3 Å². The van der Waals surface area contributed by atoms with E-state index in [9.17, 15) is 0 Å². The molecule has 50 valence electrons. The molecular formula is C7H12OU. The van der Waals surface area contributed by atoms with Crippen LogP contribution in [0.3, 0.4) is 0 Å². The number of rotatable bonds is 1. The maximum Gasteiger partial charge on any atom is 2.00 e. The van der Waals surface area contributed by atoms with Gasteiger partial charge in [0.25, 0.3) is 0 Å². The summed E-state index contributed by atoms with van der Waals surface area (Å²) in [4.78, 5) is 0. The zero-order valence-electron chi connectivity index (χ0n) is 5.76. The van der Waals surface area contributed by atoms with Crippen molar-refractivity contribution in [2.75, 3.05) is 6.61 Å². The molecule has 1 nitrogen and oxygen atoms in total. The van der Waals surface area contributed by atoms with Crippen molar-refractivity contribution < 1.29 is 35.9 Å². The van der Waals surface area contributed by atoms with Crippen LogP contribution in [0.25, 0.3) is 0 Å². The Kier molecular flexibility index (Phi) is 5.31. The third-order valence-electron chi connectivity index (χ3n) is 1.40. The van der Waals surface area contributed by atoms with Gasteiger partial charge in [0.15, 0.2) is 0 Å². The second-order valence-corrected chi connectivity index (χ2v) is 2.33. The molecule has 2 atom stereocenters. The minimum atomic E-state index is 0. The molecule has 0 saturated carbocycles. The smallest absolute Gasteiger partial charge is 0.415 e. The van der Waals surface area contributed by atoms with Crippen molar-refractivity contribution in [2.45, 2.75) is 19.4 Å². The molecule has 0 aromatic carbocycles. The van der Waals surface area contributed by atoms with E-state index in [0.717, 1.165) is 13.0 Å². The minimum absolute atomic E-state index is 0. The van der Waals surface area contributed by atoms with Gasteiger partial charge in [-0.2, -0.15) is 6.42 Å². The summed E-state index contributed by atoms with van der Waals surface area (Å²) in [6.45, 7) is 6.80. The molecule has 1 saturated heterocycles. The van der Waals surface area contributed by atoms with Crippen LogP contribution in [0.15, 0.2) is 0 Å². The maximum absolute atomic E-state index is 5.30. The second kappa shape index (κ2) is 4.77. The van der Waals surface area contributed by atoms with E-state index in [1.165, 1.54) is 0 Å². The van der Waals surface area contributed by atoms with Gasteiger partial charge in [0.1, 0.15) is 0 Å². The van der Waals surface area contributed by atoms with E-state index in [0.29, 0.717) is 12.0 Å². The van der Waals surface area contributed by atoms with E-state index >= 15 is 0 Å². The van der Waals surface area contributed by atoms with E-state index in [1.54, 1.807) is 0 Å². The van der Waals surface area contributed by atoms with Crippen molar-refractivity contribution in [1.82, 2.24) is 0 Å². The first-order valence-electron chi connectivity index (χ1n) is 3.08. The quantitative estimate of drug-likeness (QED) is 0.651. The van der Waals surface area contributed by atoms with Crippen LogP contribution >= 0.6 is 0 Å². The van der Waals surface area contributed by atoms with Crippen molar-refractivity contribution in [3.63, 3.8) is 0 Å². The third-order valence-corrected chi connectivity index (χ3v) is 1.40. The molecule has 0 bridgehead atoms. The Hall–Kier alpha value is 1.01. The molecule has 9 heavy (non-hydrogen) atoms. The van der Waals surface area contributed by atoms with Gasteiger partial charge in [-0.05, 0) is 0 Å². The first kappa shape index (κ1) is 10.0. The molecule has 0 aromatic rings. The van der Waals surface area contributed by atoms with Crippen LogP contribution in [0, 0.1) is 50.4 Å². The number of ether oxygens (including phenoxy) is 1. The Morgan fingerprint density at radius 1 is 1.78 bits per heavy atom. The van der Waals surface area contributed by atoms with Gasteiger partial charge in [0, 0.05) is 6.61 Å². The molecule has 1 aliphatic rings. The van der Waals surface area contributed by atoms with Crippen molar-refractivity contribution >= 4 is 0 Å². The van der Waals surface area contributed by atoms with Crippen LogP contribution in [0.2, 0.25) is 0 Å². The molecule has 0 aromatic heterocycles. The van der Waals surface area contributed by atoms with Gasteiger partial charge in [-0.25, -0.2) is 0 Å². The Balaban J connectivity index is 0.000000640. The zero-order valence-corrected chi connectivity index (χ0v) is 9.93. The molecule has 1 heterocycles. The van der Waals surface area contributed by atoms with E-state index in [1.807, 2.05) is 0 Å². The van der Waals surface area contributed by atoms with Gasteiger partial charge in [0.2, 0.25) is 0 Å². The summed E-state index contributed by atoms with van der Waals surface area (Å²) in [7, 11) is 0. The summed E-state index contributed by atoms with van der Waals surface area (Å²) >= 11 is 0. The van der Waals surface area contributed by atoms with Crippen molar-refractivity contribution in [2.24, 2.45) is 5.92 Å². The zero-order chi connectivity index (χ0) is 5.98. The summed E-state index contributed by atoms with van der Waals surface area (Å²) in [6.07, 6.45) is 3.43. The van der Waals surface area contributed by atoms with Crippen molar-refractivity contribution in [3.05, 3.63) is 13.3 Å². The van der Waals surface area contributed by atoms with Crippen LogP contribution in [0.4, 0.5) is 0 Å². The third kappa shape index (κ3) is 3.07. The first-order chi connectivity index (χ1) is 3.83. The Bertz CT molecular complexity index is 75.3. The summed E-state index contributed by atoms with van der Waals surface area (Å²) in [6, 6.07) is 0. The molecule has 0 N–H and O–H groups in total. The van der Waals surface area contributed by atoms with Gasteiger partial charge >= 0.3 is 31.1 Å². The van der Waals surface area contributed by atoms with Gasteiger partial charge in [-0.15, -0.1) is 5.92 Å². The van der Waals surface area contributed by atoms with Crippen LogP contribution in [0.5, 0.6) is 0 Å². The minimum Gasteiger partial charge on any atom is -0.415 e. The van der Waals surface area contributed by atoms with Crippen molar-refractivity contribution in [1.29, 1.82) is 0 Å². The van der Waals surface area contributed by atoms with Crippen LogP contribution in [-0.4, -0.2) is 12.7 Å². The number of hydrogen-bond acceptors (Lipinski definition) is 1. The largest absolute Gasteiger partial charge is 2.00 e. The predicted octanol–water partition coefficient (Wildman–Crippen LogP) is 1.45. The average Bonchev–Trinajstić information content (AvgIpc) is 2.14. The fourth-order valence-corrected chi connectivity index (χ4v) is 0.932. The molecular weight excluding hydrogens is 338 g/mol. The molecule has 2 heteroatoms.